The number of rotatable bonds is 10. The lowest BCUT2D eigenvalue weighted by Crippen LogP contribution is -2.24. The van der Waals surface area contributed by atoms with Gasteiger partial charge >= 0.3 is 0 Å². The highest BCUT2D eigenvalue weighted by Crippen LogP contribution is 2.35. The maximum Gasteiger partial charge on any atom is 0.251 e. The van der Waals surface area contributed by atoms with E-state index < -0.39 is 0 Å². The number of carbonyl (C=O) groups is 1. The SMILES string of the molecule is COc1ncccc1-c1ccc(O)c(-c2nc3ccc(C(=O)NCCCCCN(C)C)cc3[nH]2)c1. The molecule has 182 valence electrons. The Bertz CT molecular complexity index is 1320. The van der Waals surface area contributed by atoms with Crippen LogP contribution in [0.1, 0.15) is 29.6 Å². The van der Waals surface area contributed by atoms with Gasteiger partial charge in [-0.2, -0.15) is 0 Å². The molecule has 0 radical (unpaired) electrons. The molecule has 1 amide bonds. The number of ether oxygens (including phenoxy) is 1. The minimum atomic E-state index is -0.107. The van der Waals surface area contributed by atoms with Gasteiger partial charge in [-0.25, -0.2) is 9.97 Å². The Kier molecular flexibility index (Phi) is 7.62. The van der Waals surface area contributed by atoms with Gasteiger partial charge in [-0.15, -0.1) is 0 Å². The monoisotopic (exact) mass is 473 g/mol. The first-order chi connectivity index (χ1) is 17.0. The zero-order valence-electron chi connectivity index (χ0n) is 20.3. The second-order valence-corrected chi connectivity index (χ2v) is 8.73. The van der Waals surface area contributed by atoms with Crippen molar-refractivity contribution in [3.8, 4) is 34.1 Å². The van der Waals surface area contributed by atoms with E-state index in [1.165, 1.54) is 0 Å². The quantitative estimate of drug-likeness (QED) is 0.294. The van der Waals surface area contributed by atoms with E-state index in [1.807, 2.05) is 30.3 Å². The molecule has 2 heterocycles. The van der Waals surface area contributed by atoms with E-state index in [1.54, 1.807) is 31.5 Å². The van der Waals surface area contributed by atoms with Gasteiger partial charge in [-0.1, -0.05) is 12.5 Å². The number of nitrogens with one attached hydrogen (secondary N) is 2. The first-order valence-corrected chi connectivity index (χ1v) is 11.7. The van der Waals surface area contributed by atoms with Crippen LogP contribution in [0, 0.1) is 0 Å². The van der Waals surface area contributed by atoms with Crippen LogP contribution in [0.25, 0.3) is 33.5 Å². The number of amides is 1. The zero-order chi connectivity index (χ0) is 24.8. The summed E-state index contributed by atoms with van der Waals surface area (Å²) < 4.78 is 5.38. The van der Waals surface area contributed by atoms with Crippen molar-refractivity contribution in [3.05, 3.63) is 60.3 Å². The maximum atomic E-state index is 12.6. The fraction of sp³-hybridized carbons (Fsp3) is 0.296. The summed E-state index contributed by atoms with van der Waals surface area (Å²) in [6, 6.07) is 14.4. The maximum absolute atomic E-state index is 12.6. The summed E-state index contributed by atoms with van der Waals surface area (Å²) in [5.41, 5.74) is 4.21. The molecule has 0 atom stereocenters. The number of imidazole rings is 1. The van der Waals surface area contributed by atoms with Crippen molar-refractivity contribution in [2.24, 2.45) is 0 Å². The molecule has 0 aliphatic heterocycles. The van der Waals surface area contributed by atoms with E-state index in [0.717, 1.165) is 42.5 Å². The minimum absolute atomic E-state index is 0.0999. The first kappa shape index (κ1) is 24.2. The van der Waals surface area contributed by atoms with Crippen molar-refractivity contribution >= 4 is 16.9 Å². The van der Waals surface area contributed by atoms with Gasteiger partial charge in [-0.05, 0) is 81.5 Å². The van der Waals surface area contributed by atoms with Gasteiger partial charge in [-0.3, -0.25) is 4.79 Å². The molecule has 4 rings (SSSR count). The highest BCUT2D eigenvalue weighted by Gasteiger charge is 2.15. The number of carbonyl (C=O) groups excluding carboxylic acids is 1. The van der Waals surface area contributed by atoms with Gasteiger partial charge in [0.05, 0.1) is 23.7 Å². The van der Waals surface area contributed by atoms with Gasteiger partial charge in [0, 0.05) is 23.9 Å². The number of phenolic OH excluding ortho intramolecular Hbond substituents is 1. The van der Waals surface area contributed by atoms with E-state index in [9.17, 15) is 9.90 Å². The third-order valence-corrected chi connectivity index (χ3v) is 5.84. The fourth-order valence-electron chi connectivity index (χ4n) is 3.98. The lowest BCUT2D eigenvalue weighted by Gasteiger charge is -2.09. The molecule has 8 nitrogen and oxygen atoms in total. The molecule has 0 spiro atoms. The van der Waals surface area contributed by atoms with E-state index in [-0.39, 0.29) is 11.7 Å². The molecule has 2 aromatic heterocycles. The number of nitrogens with zero attached hydrogens (tertiary/aromatic N) is 3. The number of hydrogen-bond acceptors (Lipinski definition) is 6. The van der Waals surface area contributed by atoms with Crippen LogP contribution in [-0.4, -0.2) is 65.2 Å². The third kappa shape index (κ3) is 5.78. The Morgan fingerprint density at radius 1 is 1.09 bits per heavy atom. The van der Waals surface area contributed by atoms with Crippen molar-refractivity contribution in [3.63, 3.8) is 0 Å². The van der Waals surface area contributed by atoms with E-state index in [0.29, 0.717) is 34.9 Å². The Morgan fingerprint density at radius 3 is 2.74 bits per heavy atom. The number of pyridine rings is 1. The lowest BCUT2D eigenvalue weighted by atomic mass is 10.0. The van der Waals surface area contributed by atoms with Crippen LogP contribution in [0.4, 0.5) is 0 Å². The molecule has 0 saturated carbocycles. The second-order valence-electron chi connectivity index (χ2n) is 8.73. The summed E-state index contributed by atoms with van der Waals surface area (Å²) in [7, 11) is 5.70. The van der Waals surface area contributed by atoms with Crippen LogP contribution in [0.3, 0.4) is 0 Å². The third-order valence-electron chi connectivity index (χ3n) is 5.84. The first-order valence-electron chi connectivity index (χ1n) is 11.7. The Balaban J connectivity index is 1.51. The summed E-state index contributed by atoms with van der Waals surface area (Å²) in [5, 5.41) is 13.5. The molecule has 0 bridgehead atoms. The molecule has 0 aliphatic carbocycles. The van der Waals surface area contributed by atoms with E-state index in [4.69, 9.17) is 4.74 Å². The predicted molar refractivity (Wildman–Crippen MR) is 138 cm³/mol. The van der Waals surface area contributed by atoms with Crippen molar-refractivity contribution < 1.29 is 14.6 Å². The van der Waals surface area contributed by atoms with Crippen molar-refractivity contribution in [2.75, 3.05) is 34.3 Å². The Morgan fingerprint density at radius 2 is 1.94 bits per heavy atom. The summed E-state index contributed by atoms with van der Waals surface area (Å²) in [6.45, 7) is 1.71. The predicted octanol–water partition coefficient (Wildman–Crippen LogP) is 4.47. The number of H-pyrrole nitrogens is 1. The molecular weight excluding hydrogens is 442 g/mol. The normalized spacial score (nSPS) is 11.2. The largest absolute Gasteiger partial charge is 0.507 e. The fourth-order valence-corrected chi connectivity index (χ4v) is 3.98. The highest BCUT2D eigenvalue weighted by atomic mass is 16.5. The van der Waals surface area contributed by atoms with Crippen molar-refractivity contribution in [1.82, 2.24) is 25.2 Å². The number of aromatic nitrogens is 3. The van der Waals surface area contributed by atoms with Gasteiger partial charge in [0.25, 0.3) is 5.91 Å². The number of methoxy groups -OCH3 is 1. The molecule has 0 unspecified atom stereocenters. The molecule has 0 aliphatic rings. The minimum Gasteiger partial charge on any atom is -0.507 e. The van der Waals surface area contributed by atoms with E-state index >= 15 is 0 Å². The molecule has 3 N–H and O–H groups in total. The molecule has 0 saturated heterocycles. The number of aromatic amines is 1. The topological polar surface area (TPSA) is 103 Å². The Hall–Kier alpha value is -3.91. The van der Waals surface area contributed by atoms with Crippen LogP contribution in [0.15, 0.2) is 54.7 Å². The summed E-state index contributed by atoms with van der Waals surface area (Å²) in [6.07, 6.45) is 4.82. The second kappa shape index (κ2) is 11.0. The van der Waals surface area contributed by atoms with Crippen molar-refractivity contribution in [1.29, 1.82) is 0 Å². The molecular formula is C27H31N5O3. The molecule has 2 aromatic carbocycles. The summed E-state index contributed by atoms with van der Waals surface area (Å²) in [5.74, 6) is 1.01. The molecule has 4 aromatic rings. The molecule has 8 heteroatoms. The summed E-state index contributed by atoms with van der Waals surface area (Å²) >= 11 is 0. The highest BCUT2D eigenvalue weighted by molar-refractivity contribution is 5.97. The number of phenols is 1. The van der Waals surface area contributed by atoms with E-state index in [2.05, 4.69) is 39.3 Å². The van der Waals surface area contributed by atoms with Gasteiger partial charge in [0.2, 0.25) is 5.88 Å². The molecule has 35 heavy (non-hydrogen) atoms. The van der Waals surface area contributed by atoms with Crippen LogP contribution >= 0.6 is 0 Å². The van der Waals surface area contributed by atoms with Crippen LogP contribution in [0.2, 0.25) is 0 Å². The number of unbranched alkanes of at least 4 members (excludes halogenated alkanes) is 2. The number of hydrogen-bond donors (Lipinski definition) is 3. The van der Waals surface area contributed by atoms with Gasteiger partial charge in [0.1, 0.15) is 11.6 Å². The Labute approximate surface area is 205 Å². The van der Waals surface area contributed by atoms with Crippen LogP contribution < -0.4 is 10.1 Å². The zero-order valence-corrected chi connectivity index (χ0v) is 20.3. The van der Waals surface area contributed by atoms with Crippen LogP contribution in [-0.2, 0) is 0 Å². The average molecular weight is 474 g/mol. The summed E-state index contributed by atoms with van der Waals surface area (Å²) in [4.78, 5) is 26.9. The molecule has 0 fully saturated rings. The lowest BCUT2D eigenvalue weighted by molar-refractivity contribution is 0.0953. The van der Waals surface area contributed by atoms with Gasteiger partial charge < -0.3 is 25.0 Å². The standard InChI is InChI=1S/C27H31N5O3/c1-32(2)15-6-4-5-13-28-26(34)19-9-11-22-23(17-19)31-25(30-22)21-16-18(10-12-24(21)33)20-8-7-14-29-27(20)35-3/h7-12,14,16-17,33H,4-6,13,15H2,1-3H3,(H,28,34)(H,30,31). The van der Waals surface area contributed by atoms with Crippen LogP contribution in [0.5, 0.6) is 11.6 Å². The number of benzene rings is 2. The van der Waals surface area contributed by atoms with Gasteiger partial charge in [0.15, 0.2) is 0 Å². The smallest absolute Gasteiger partial charge is 0.251 e. The number of aromatic hydroxyl groups is 1. The number of fused-ring (bicyclic) bond motifs is 1. The van der Waals surface area contributed by atoms with Crippen molar-refractivity contribution in [2.45, 2.75) is 19.3 Å². The average Bonchev–Trinajstić information content (AvgIpc) is 3.29.